The number of hydrogen-bond donors (Lipinski definition) is 1. The maximum Gasteiger partial charge on any atom is 0.225 e. The minimum Gasteiger partial charge on any atom is -0.381 e. The van der Waals surface area contributed by atoms with Gasteiger partial charge in [0.15, 0.2) is 0 Å². The summed E-state index contributed by atoms with van der Waals surface area (Å²) in [5.74, 6) is 0.681. The molecule has 0 radical (unpaired) electrons. The highest BCUT2D eigenvalue weighted by atomic mass is 16.5. The van der Waals surface area contributed by atoms with E-state index in [-0.39, 0.29) is 35.9 Å². The maximum absolute atomic E-state index is 13.0. The van der Waals surface area contributed by atoms with Gasteiger partial charge >= 0.3 is 0 Å². The lowest BCUT2D eigenvalue weighted by atomic mass is 9.97. The van der Waals surface area contributed by atoms with Crippen LogP contribution in [-0.4, -0.2) is 48.6 Å². The lowest BCUT2D eigenvalue weighted by molar-refractivity contribution is -0.136. The van der Waals surface area contributed by atoms with Gasteiger partial charge < -0.3 is 15.0 Å². The topological polar surface area (TPSA) is 58.6 Å². The Bertz CT molecular complexity index is 678. The first-order valence-electron chi connectivity index (χ1n) is 12.0. The molecule has 31 heavy (non-hydrogen) atoms. The van der Waals surface area contributed by atoms with E-state index in [2.05, 4.69) is 31.3 Å². The van der Waals surface area contributed by atoms with E-state index in [4.69, 9.17) is 4.74 Å². The Morgan fingerprint density at radius 2 is 1.90 bits per heavy atom. The first-order chi connectivity index (χ1) is 14.8. The average Bonchev–Trinajstić information content (AvgIpc) is 3.21. The van der Waals surface area contributed by atoms with Gasteiger partial charge in [0.1, 0.15) is 0 Å². The molecule has 1 aliphatic heterocycles. The molecule has 5 nitrogen and oxygen atoms in total. The predicted molar refractivity (Wildman–Crippen MR) is 126 cm³/mol. The van der Waals surface area contributed by atoms with Crippen molar-refractivity contribution in [1.29, 1.82) is 0 Å². The Morgan fingerprint density at radius 3 is 2.55 bits per heavy atom. The summed E-state index contributed by atoms with van der Waals surface area (Å²) in [6, 6.07) is 10.5. The van der Waals surface area contributed by atoms with E-state index in [1.165, 1.54) is 5.56 Å². The van der Waals surface area contributed by atoms with E-state index in [0.29, 0.717) is 12.3 Å². The molecule has 1 aliphatic rings. The fraction of sp³-hybridized carbons (Fsp3) is 0.692. The maximum atomic E-state index is 13.0. The number of rotatable bonds is 12. The molecule has 0 bridgehead atoms. The van der Waals surface area contributed by atoms with Gasteiger partial charge in [-0.25, -0.2) is 0 Å². The van der Waals surface area contributed by atoms with Gasteiger partial charge in [0.25, 0.3) is 0 Å². The first-order valence-corrected chi connectivity index (χ1v) is 12.0. The van der Waals surface area contributed by atoms with Gasteiger partial charge in [-0.05, 0) is 50.5 Å². The van der Waals surface area contributed by atoms with Crippen LogP contribution in [0.3, 0.4) is 0 Å². The van der Waals surface area contributed by atoms with Crippen LogP contribution in [0.2, 0.25) is 0 Å². The van der Waals surface area contributed by atoms with Crippen LogP contribution < -0.4 is 5.32 Å². The highest BCUT2D eigenvalue weighted by molar-refractivity contribution is 5.79. The Labute approximate surface area is 188 Å². The molecule has 2 amide bonds. The molecule has 1 aromatic rings. The third kappa shape index (κ3) is 8.29. The van der Waals surface area contributed by atoms with Gasteiger partial charge in [0.2, 0.25) is 11.8 Å². The molecule has 1 N–H and O–H groups in total. The van der Waals surface area contributed by atoms with Gasteiger partial charge in [-0.2, -0.15) is 0 Å². The number of likely N-dealkylation sites (tertiary alicyclic amines) is 1. The van der Waals surface area contributed by atoms with Gasteiger partial charge in [0, 0.05) is 31.7 Å². The zero-order chi connectivity index (χ0) is 22.8. The van der Waals surface area contributed by atoms with Crippen LogP contribution in [0.5, 0.6) is 0 Å². The lowest BCUT2D eigenvalue weighted by Crippen LogP contribution is -2.42. The lowest BCUT2D eigenvalue weighted by Gasteiger charge is -2.29. The molecular weight excluding hydrogens is 388 g/mol. The number of hydrogen-bond acceptors (Lipinski definition) is 3. The van der Waals surface area contributed by atoms with E-state index < -0.39 is 0 Å². The second kappa shape index (κ2) is 12.8. The van der Waals surface area contributed by atoms with E-state index in [0.717, 1.165) is 45.1 Å². The highest BCUT2D eigenvalue weighted by Gasteiger charge is 2.32. The number of nitrogens with zero attached hydrogens (tertiary/aromatic N) is 1. The molecular formula is C26H42N2O3. The molecule has 0 aliphatic carbocycles. The molecule has 0 spiro atoms. The normalized spacial score (nSPS) is 20.2. The van der Waals surface area contributed by atoms with Crippen LogP contribution in [0.4, 0.5) is 0 Å². The van der Waals surface area contributed by atoms with Gasteiger partial charge in [-0.1, -0.05) is 57.5 Å². The van der Waals surface area contributed by atoms with Crippen molar-refractivity contribution in [3.63, 3.8) is 0 Å². The summed E-state index contributed by atoms with van der Waals surface area (Å²) < 4.78 is 5.59. The monoisotopic (exact) mass is 430 g/mol. The minimum absolute atomic E-state index is 0.0248. The van der Waals surface area contributed by atoms with Gasteiger partial charge in [0.05, 0.1) is 12.5 Å². The number of methoxy groups -OCH3 is 1. The van der Waals surface area contributed by atoms with Crippen LogP contribution in [0, 0.1) is 11.8 Å². The summed E-state index contributed by atoms with van der Waals surface area (Å²) >= 11 is 0. The minimum atomic E-state index is -0.116. The van der Waals surface area contributed by atoms with E-state index >= 15 is 0 Å². The van der Waals surface area contributed by atoms with E-state index in [1.807, 2.05) is 36.9 Å². The van der Waals surface area contributed by atoms with Crippen molar-refractivity contribution in [2.24, 2.45) is 11.8 Å². The Hall–Kier alpha value is -1.88. The molecule has 1 heterocycles. The molecule has 1 aromatic carbocycles. The second-order valence-electron chi connectivity index (χ2n) is 9.43. The summed E-state index contributed by atoms with van der Waals surface area (Å²) in [6.45, 7) is 9.19. The van der Waals surface area contributed by atoms with Crippen molar-refractivity contribution >= 4 is 11.8 Å². The van der Waals surface area contributed by atoms with Crippen molar-refractivity contribution in [1.82, 2.24) is 10.2 Å². The van der Waals surface area contributed by atoms with Crippen molar-refractivity contribution in [2.75, 3.05) is 13.7 Å². The number of carbonyl (C=O) groups excluding carboxylic acids is 2. The summed E-state index contributed by atoms with van der Waals surface area (Å²) in [7, 11) is 1.70. The molecule has 0 aromatic heterocycles. The SMILES string of the molecule is CC[C@H](C)C[C@@H](CC(=O)N1CCC[C@H]1C[C@@H](C)C(=O)N[C@H](C)Cc1ccccc1)OC. The molecule has 174 valence electrons. The first kappa shape index (κ1) is 25.4. The van der Waals surface area contributed by atoms with Crippen molar-refractivity contribution in [2.45, 2.75) is 90.8 Å². The van der Waals surface area contributed by atoms with E-state index in [9.17, 15) is 9.59 Å². The summed E-state index contributed by atoms with van der Waals surface area (Å²) in [4.78, 5) is 27.7. The van der Waals surface area contributed by atoms with Gasteiger partial charge in [-0.15, -0.1) is 0 Å². The summed E-state index contributed by atoms with van der Waals surface area (Å²) in [5, 5.41) is 3.15. The van der Waals surface area contributed by atoms with Crippen LogP contribution in [0.15, 0.2) is 30.3 Å². The number of amides is 2. The van der Waals surface area contributed by atoms with Crippen molar-refractivity contribution < 1.29 is 14.3 Å². The molecule has 0 saturated carbocycles. The largest absolute Gasteiger partial charge is 0.381 e. The Balaban J connectivity index is 1.84. The fourth-order valence-electron chi connectivity index (χ4n) is 4.52. The zero-order valence-corrected chi connectivity index (χ0v) is 20.1. The standard InChI is InChI=1S/C26H42N2O3/c1-6-19(2)15-24(31-5)18-25(29)28-14-10-13-23(28)16-20(3)26(30)27-21(4)17-22-11-8-7-9-12-22/h7-9,11-12,19-21,23-24H,6,10,13-18H2,1-5H3,(H,27,30)/t19-,20+,21+,23-,24-/m0/s1. The molecule has 5 atom stereocenters. The number of nitrogens with one attached hydrogen (secondary N) is 1. The summed E-state index contributed by atoms with van der Waals surface area (Å²) in [5.41, 5.74) is 1.22. The molecule has 2 rings (SSSR count). The Morgan fingerprint density at radius 1 is 1.19 bits per heavy atom. The highest BCUT2D eigenvalue weighted by Crippen LogP contribution is 2.26. The van der Waals surface area contributed by atoms with Crippen LogP contribution in [0.1, 0.15) is 71.8 Å². The molecule has 5 heteroatoms. The van der Waals surface area contributed by atoms with Crippen LogP contribution in [-0.2, 0) is 20.7 Å². The Kier molecular flexibility index (Phi) is 10.5. The average molecular weight is 431 g/mol. The van der Waals surface area contributed by atoms with Crippen LogP contribution >= 0.6 is 0 Å². The zero-order valence-electron chi connectivity index (χ0n) is 20.1. The molecule has 1 fully saturated rings. The van der Waals surface area contributed by atoms with Gasteiger partial charge in [-0.3, -0.25) is 9.59 Å². The van der Waals surface area contributed by atoms with E-state index in [1.54, 1.807) is 7.11 Å². The fourth-order valence-corrected chi connectivity index (χ4v) is 4.52. The summed E-state index contributed by atoms with van der Waals surface area (Å²) in [6.07, 6.45) is 5.95. The third-order valence-electron chi connectivity index (χ3n) is 6.64. The number of carbonyl (C=O) groups is 2. The van der Waals surface area contributed by atoms with Crippen molar-refractivity contribution in [3.8, 4) is 0 Å². The van der Waals surface area contributed by atoms with Crippen molar-refractivity contribution in [3.05, 3.63) is 35.9 Å². The number of ether oxygens (including phenoxy) is 1. The molecule has 0 unspecified atom stereocenters. The quantitative estimate of drug-likeness (QED) is 0.527. The molecule has 1 saturated heterocycles. The predicted octanol–water partition coefficient (Wildman–Crippen LogP) is 4.59. The van der Waals surface area contributed by atoms with Crippen LogP contribution in [0.25, 0.3) is 0 Å². The third-order valence-corrected chi connectivity index (χ3v) is 6.64. The second-order valence-corrected chi connectivity index (χ2v) is 9.43. The smallest absolute Gasteiger partial charge is 0.225 e. The number of benzene rings is 1.